The van der Waals surface area contributed by atoms with Gasteiger partial charge in [0.05, 0.1) is 34.5 Å². The van der Waals surface area contributed by atoms with Gasteiger partial charge in [0.1, 0.15) is 0 Å². The molecule has 152 valence electrons. The first-order chi connectivity index (χ1) is 14.1. The second kappa shape index (κ2) is 8.80. The molecule has 0 atom stereocenters. The van der Waals surface area contributed by atoms with E-state index in [1.807, 2.05) is 25.4 Å². The summed E-state index contributed by atoms with van der Waals surface area (Å²) in [4.78, 5) is 16.5. The highest BCUT2D eigenvalue weighted by molar-refractivity contribution is 6.33. The molecule has 0 bridgehead atoms. The van der Waals surface area contributed by atoms with Crippen LogP contribution in [0.5, 0.6) is 0 Å². The number of hydrogen-bond acceptors (Lipinski definition) is 5. The van der Waals surface area contributed by atoms with Crippen molar-refractivity contribution in [2.75, 3.05) is 18.5 Å². The van der Waals surface area contributed by atoms with Crippen LogP contribution in [0.2, 0.25) is 5.02 Å². The monoisotopic (exact) mass is 413 g/mol. The fourth-order valence-electron chi connectivity index (χ4n) is 3.46. The average Bonchev–Trinajstić information content (AvgIpc) is 3.20. The number of pyridine rings is 2. The third kappa shape index (κ3) is 4.52. The van der Waals surface area contributed by atoms with Gasteiger partial charge in [-0.2, -0.15) is 5.10 Å². The van der Waals surface area contributed by atoms with Crippen LogP contribution < -0.4 is 10.9 Å². The van der Waals surface area contributed by atoms with Crippen molar-refractivity contribution in [1.82, 2.24) is 19.3 Å². The summed E-state index contributed by atoms with van der Waals surface area (Å²) in [5, 5.41) is 8.47. The van der Waals surface area contributed by atoms with E-state index in [2.05, 4.69) is 15.4 Å². The second-order valence-electron chi connectivity index (χ2n) is 7.18. The Hall–Kier alpha value is -2.64. The van der Waals surface area contributed by atoms with Crippen LogP contribution in [0.4, 0.5) is 5.69 Å². The Kier molecular flexibility index (Phi) is 5.97. The maximum Gasteiger partial charge on any atom is 0.250 e. The molecule has 0 unspecified atom stereocenters. The van der Waals surface area contributed by atoms with Gasteiger partial charge in [-0.25, -0.2) is 4.68 Å². The van der Waals surface area contributed by atoms with Crippen molar-refractivity contribution < 1.29 is 4.74 Å². The fourth-order valence-corrected chi connectivity index (χ4v) is 3.74. The first-order valence-corrected chi connectivity index (χ1v) is 10.3. The molecular formula is C21H24ClN5O2. The van der Waals surface area contributed by atoms with Gasteiger partial charge in [-0.15, -0.1) is 0 Å². The lowest BCUT2D eigenvalue weighted by Crippen LogP contribution is -2.27. The van der Waals surface area contributed by atoms with Crippen molar-refractivity contribution in [2.45, 2.75) is 38.8 Å². The lowest BCUT2D eigenvalue weighted by atomic mass is 10.1. The molecule has 4 heterocycles. The van der Waals surface area contributed by atoms with Gasteiger partial charge in [0.2, 0.25) is 0 Å². The van der Waals surface area contributed by atoms with Crippen molar-refractivity contribution >= 4 is 17.3 Å². The third-order valence-electron chi connectivity index (χ3n) is 4.99. The molecule has 1 N–H and O–H groups in total. The van der Waals surface area contributed by atoms with Gasteiger partial charge < -0.3 is 14.6 Å². The number of rotatable bonds is 6. The van der Waals surface area contributed by atoms with Crippen molar-refractivity contribution in [3.8, 4) is 16.9 Å². The first-order valence-electron chi connectivity index (χ1n) is 9.90. The minimum absolute atomic E-state index is 0.0136. The Balaban J connectivity index is 1.54. The van der Waals surface area contributed by atoms with E-state index in [0.717, 1.165) is 49.4 Å². The minimum atomic E-state index is -0.0136. The zero-order valence-corrected chi connectivity index (χ0v) is 17.1. The molecule has 4 rings (SSSR count). The zero-order chi connectivity index (χ0) is 20.2. The van der Waals surface area contributed by atoms with Gasteiger partial charge in [-0.1, -0.05) is 18.5 Å². The number of aromatic nitrogens is 4. The van der Waals surface area contributed by atoms with Gasteiger partial charge in [-0.05, 0) is 31.4 Å². The van der Waals surface area contributed by atoms with E-state index in [-0.39, 0.29) is 5.56 Å². The number of hydrogen-bond donors (Lipinski definition) is 1. The molecule has 7 nitrogen and oxygen atoms in total. The van der Waals surface area contributed by atoms with Crippen LogP contribution >= 0.6 is 11.6 Å². The number of nitrogens with zero attached hydrogens (tertiary/aromatic N) is 4. The van der Waals surface area contributed by atoms with Crippen LogP contribution in [-0.4, -0.2) is 38.6 Å². The van der Waals surface area contributed by atoms with Crippen LogP contribution in [0.1, 0.15) is 26.2 Å². The first kappa shape index (κ1) is 19.7. The molecule has 3 aromatic heterocycles. The number of ether oxygens (including phenoxy) is 1. The molecule has 1 aliphatic rings. The molecule has 1 fully saturated rings. The van der Waals surface area contributed by atoms with E-state index in [9.17, 15) is 4.79 Å². The predicted molar refractivity (Wildman–Crippen MR) is 114 cm³/mol. The van der Waals surface area contributed by atoms with Crippen LogP contribution in [0, 0.1) is 0 Å². The average molecular weight is 414 g/mol. The topological polar surface area (TPSA) is 74.0 Å². The van der Waals surface area contributed by atoms with E-state index in [1.165, 1.54) is 0 Å². The molecule has 0 saturated carbocycles. The van der Waals surface area contributed by atoms with Gasteiger partial charge in [-0.3, -0.25) is 9.78 Å². The minimum Gasteiger partial charge on any atom is -0.381 e. The van der Waals surface area contributed by atoms with Crippen molar-refractivity contribution in [3.63, 3.8) is 0 Å². The molecule has 1 aliphatic heterocycles. The third-order valence-corrected chi connectivity index (χ3v) is 5.27. The molecule has 0 spiro atoms. The van der Waals surface area contributed by atoms with E-state index >= 15 is 0 Å². The summed E-state index contributed by atoms with van der Waals surface area (Å²) in [6.45, 7) is 4.28. The maximum atomic E-state index is 11.9. The highest BCUT2D eigenvalue weighted by atomic mass is 35.5. The molecule has 0 aliphatic carbocycles. The van der Waals surface area contributed by atoms with Gasteiger partial charge in [0.25, 0.3) is 5.56 Å². The number of anilines is 1. The summed E-state index contributed by atoms with van der Waals surface area (Å²) in [5.41, 5.74) is 3.21. The molecule has 0 aromatic carbocycles. The second-order valence-corrected chi connectivity index (χ2v) is 7.59. The Morgan fingerprint density at radius 3 is 2.83 bits per heavy atom. The fraction of sp³-hybridized carbons (Fsp3) is 0.381. The molecule has 3 aromatic rings. The Bertz CT molecular complexity index is 1040. The zero-order valence-electron chi connectivity index (χ0n) is 16.3. The summed E-state index contributed by atoms with van der Waals surface area (Å²) in [7, 11) is 0. The summed E-state index contributed by atoms with van der Waals surface area (Å²) >= 11 is 6.51. The Morgan fingerprint density at radius 2 is 2.07 bits per heavy atom. The van der Waals surface area contributed by atoms with Crippen molar-refractivity contribution in [2.24, 2.45) is 0 Å². The SMILES string of the molecule is CCCn1cc(-n2cc(-c3ncc(NC4CCOCC4)cc3Cl)cn2)ccc1=O. The highest BCUT2D eigenvalue weighted by Gasteiger charge is 2.15. The number of aryl methyl sites for hydroxylation is 1. The van der Waals surface area contributed by atoms with Crippen LogP contribution in [0.25, 0.3) is 16.9 Å². The van der Waals surface area contributed by atoms with E-state index in [0.29, 0.717) is 23.3 Å². The van der Waals surface area contributed by atoms with Crippen LogP contribution in [0.3, 0.4) is 0 Å². The quantitative estimate of drug-likeness (QED) is 0.666. The maximum absolute atomic E-state index is 11.9. The molecule has 0 radical (unpaired) electrons. The van der Waals surface area contributed by atoms with Gasteiger partial charge >= 0.3 is 0 Å². The Labute approximate surface area is 174 Å². The number of halogens is 1. The van der Waals surface area contributed by atoms with Gasteiger partial charge in [0.15, 0.2) is 0 Å². The molecule has 1 saturated heterocycles. The molecular weight excluding hydrogens is 390 g/mol. The van der Waals surface area contributed by atoms with Gasteiger partial charge in [0, 0.05) is 49.8 Å². The highest BCUT2D eigenvalue weighted by Crippen LogP contribution is 2.29. The molecule has 0 amide bonds. The molecule has 8 heteroatoms. The lowest BCUT2D eigenvalue weighted by molar-refractivity contribution is 0.0904. The largest absolute Gasteiger partial charge is 0.381 e. The van der Waals surface area contributed by atoms with Crippen LogP contribution in [-0.2, 0) is 11.3 Å². The van der Waals surface area contributed by atoms with E-state index < -0.39 is 0 Å². The van der Waals surface area contributed by atoms with E-state index in [4.69, 9.17) is 16.3 Å². The van der Waals surface area contributed by atoms with E-state index in [1.54, 1.807) is 33.8 Å². The van der Waals surface area contributed by atoms with Crippen LogP contribution in [0.15, 0.2) is 47.8 Å². The van der Waals surface area contributed by atoms with Crippen molar-refractivity contribution in [1.29, 1.82) is 0 Å². The number of nitrogens with one attached hydrogen (secondary N) is 1. The Morgan fingerprint density at radius 1 is 1.24 bits per heavy atom. The summed E-state index contributed by atoms with van der Waals surface area (Å²) in [6, 6.07) is 5.61. The summed E-state index contributed by atoms with van der Waals surface area (Å²) in [5.74, 6) is 0. The summed E-state index contributed by atoms with van der Waals surface area (Å²) in [6.07, 6.45) is 10.1. The lowest BCUT2D eigenvalue weighted by Gasteiger charge is -2.24. The van der Waals surface area contributed by atoms with Crippen molar-refractivity contribution in [3.05, 3.63) is 58.4 Å². The smallest absolute Gasteiger partial charge is 0.250 e. The molecule has 29 heavy (non-hydrogen) atoms. The summed E-state index contributed by atoms with van der Waals surface area (Å²) < 4.78 is 8.82. The predicted octanol–water partition coefficient (Wildman–Crippen LogP) is 3.75. The standard InChI is InChI=1S/C21H24ClN5O2/c1-2-7-26-14-18(3-4-20(26)28)27-13-15(11-24-27)21-19(22)10-17(12-23-21)25-16-5-8-29-9-6-16/h3-4,10-14,16,25H,2,5-9H2,1H3. The normalized spacial score (nSPS) is 14.8.